The average molecular weight is 330 g/mol. The minimum Gasteiger partial charge on any atom is -0.360 e. The van der Waals surface area contributed by atoms with E-state index >= 15 is 0 Å². The van der Waals surface area contributed by atoms with Crippen molar-refractivity contribution in [3.05, 3.63) is 29.8 Å². The first-order chi connectivity index (χ1) is 10.1. The zero-order valence-electron chi connectivity index (χ0n) is 11.0. The molecule has 0 spiro atoms. The standard InChI is InChI=1S/C12H12F2N4OS2/c1-2-15-11-17-18-12(21-11)20-6-10(19)16-9-4-3-7(13)5-8(9)14/h3-5H,2,6H2,1H3,(H,15,17)(H,16,19). The molecule has 1 aromatic heterocycles. The van der Waals surface area contributed by atoms with E-state index < -0.39 is 17.5 Å². The maximum Gasteiger partial charge on any atom is 0.234 e. The second-order valence-electron chi connectivity index (χ2n) is 3.86. The number of nitrogens with zero attached hydrogens (tertiary/aromatic N) is 2. The molecule has 9 heteroatoms. The van der Waals surface area contributed by atoms with Crippen molar-refractivity contribution in [1.29, 1.82) is 0 Å². The predicted molar refractivity (Wildman–Crippen MR) is 79.8 cm³/mol. The van der Waals surface area contributed by atoms with Gasteiger partial charge >= 0.3 is 0 Å². The van der Waals surface area contributed by atoms with Gasteiger partial charge in [0.15, 0.2) is 4.34 Å². The Morgan fingerprint density at radius 3 is 2.90 bits per heavy atom. The summed E-state index contributed by atoms with van der Waals surface area (Å²) in [7, 11) is 0. The van der Waals surface area contributed by atoms with Crippen LogP contribution in [-0.4, -0.2) is 28.4 Å². The summed E-state index contributed by atoms with van der Waals surface area (Å²) in [5, 5.41) is 13.9. The molecule has 0 aliphatic rings. The zero-order chi connectivity index (χ0) is 15.2. The summed E-state index contributed by atoms with van der Waals surface area (Å²) in [4.78, 5) is 11.7. The molecule has 2 rings (SSSR count). The summed E-state index contributed by atoms with van der Waals surface area (Å²) in [6.45, 7) is 2.68. The number of benzene rings is 1. The lowest BCUT2D eigenvalue weighted by atomic mass is 10.3. The van der Waals surface area contributed by atoms with Crippen LogP contribution in [0.25, 0.3) is 0 Å². The number of anilines is 2. The molecule has 21 heavy (non-hydrogen) atoms. The summed E-state index contributed by atoms with van der Waals surface area (Å²) in [5.41, 5.74) is -0.0485. The first-order valence-corrected chi connectivity index (χ1v) is 7.83. The number of rotatable bonds is 6. The first kappa shape index (κ1) is 15.6. The third-order valence-electron chi connectivity index (χ3n) is 2.27. The lowest BCUT2D eigenvalue weighted by Gasteiger charge is -2.05. The van der Waals surface area contributed by atoms with Gasteiger partial charge < -0.3 is 10.6 Å². The van der Waals surface area contributed by atoms with Crippen molar-refractivity contribution < 1.29 is 13.6 Å². The van der Waals surface area contributed by atoms with Gasteiger partial charge in [-0.1, -0.05) is 23.1 Å². The van der Waals surface area contributed by atoms with Crippen LogP contribution in [0.3, 0.4) is 0 Å². The van der Waals surface area contributed by atoms with E-state index in [0.29, 0.717) is 9.47 Å². The van der Waals surface area contributed by atoms with Crippen molar-refractivity contribution in [2.45, 2.75) is 11.3 Å². The molecule has 0 atom stereocenters. The van der Waals surface area contributed by atoms with E-state index in [1.165, 1.54) is 29.2 Å². The van der Waals surface area contributed by atoms with Crippen LogP contribution in [-0.2, 0) is 4.79 Å². The quantitative estimate of drug-likeness (QED) is 0.797. The lowest BCUT2D eigenvalue weighted by molar-refractivity contribution is -0.113. The SMILES string of the molecule is CCNc1nnc(SCC(=O)Nc2ccc(F)cc2F)s1. The summed E-state index contributed by atoms with van der Waals surface area (Å²) in [5.74, 6) is -1.83. The second-order valence-corrected chi connectivity index (χ2v) is 6.06. The maximum absolute atomic E-state index is 13.4. The van der Waals surface area contributed by atoms with Gasteiger partial charge in [-0.25, -0.2) is 8.78 Å². The van der Waals surface area contributed by atoms with Gasteiger partial charge in [-0.3, -0.25) is 4.79 Å². The van der Waals surface area contributed by atoms with Crippen LogP contribution in [0.1, 0.15) is 6.92 Å². The molecule has 0 unspecified atom stereocenters. The van der Waals surface area contributed by atoms with E-state index in [1.807, 2.05) is 6.92 Å². The Morgan fingerprint density at radius 2 is 2.19 bits per heavy atom. The van der Waals surface area contributed by atoms with E-state index in [0.717, 1.165) is 18.7 Å². The fourth-order valence-corrected chi connectivity index (χ4v) is 3.01. The molecule has 1 amide bonds. The molecule has 0 aliphatic heterocycles. The number of carbonyl (C=O) groups excluding carboxylic acids is 1. The molecule has 0 radical (unpaired) electrons. The van der Waals surface area contributed by atoms with Crippen LogP contribution in [0.4, 0.5) is 19.6 Å². The molecule has 112 valence electrons. The van der Waals surface area contributed by atoms with Crippen LogP contribution in [0.5, 0.6) is 0 Å². The number of hydrogen-bond donors (Lipinski definition) is 2. The first-order valence-electron chi connectivity index (χ1n) is 6.03. The largest absolute Gasteiger partial charge is 0.360 e. The molecule has 2 N–H and O–H groups in total. The summed E-state index contributed by atoms with van der Waals surface area (Å²) in [6.07, 6.45) is 0. The molecule has 2 aromatic rings. The number of aromatic nitrogens is 2. The van der Waals surface area contributed by atoms with Crippen molar-refractivity contribution in [1.82, 2.24) is 10.2 Å². The van der Waals surface area contributed by atoms with Crippen molar-refractivity contribution in [2.75, 3.05) is 22.9 Å². The smallest absolute Gasteiger partial charge is 0.234 e. The Bertz CT molecular complexity index is 635. The van der Waals surface area contributed by atoms with Crippen molar-refractivity contribution in [3.8, 4) is 0 Å². The molecular formula is C12H12F2N4OS2. The number of thioether (sulfide) groups is 1. The second kappa shape index (κ2) is 7.32. The molecule has 0 saturated carbocycles. The number of halogens is 2. The van der Waals surface area contributed by atoms with Gasteiger partial charge in [0, 0.05) is 12.6 Å². The number of amides is 1. The number of hydrogen-bond acceptors (Lipinski definition) is 6. The number of nitrogens with one attached hydrogen (secondary N) is 2. The molecule has 1 aromatic carbocycles. The third-order valence-corrected chi connectivity index (χ3v) is 4.28. The average Bonchev–Trinajstić information content (AvgIpc) is 2.88. The van der Waals surface area contributed by atoms with Gasteiger partial charge in [0.1, 0.15) is 11.6 Å². The summed E-state index contributed by atoms with van der Waals surface area (Å²) in [6, 6.07) is 2.98. The Balaban J connectivity index is 1.86. The van der Waals surface area contributed by atoms with Gasteiger partial charge in [0.2, 0.25) is 11.0 Å². The molecular weight excluding hydrogens is 318 g/mol. The van der Waals surface area contributed by atoms with Gasteiger partial charge in [0.05, 0.1) is 11.4 Å². The van der Waals surface area contributed by atoms with Gasteiger partial charge in [-0.2, -0.15) is 0 Å². The third kappa shape index (κ3) is 4.64. The van der Waals surface area contributed by atoms with Crippen molar-refractivity contribution >= 4 is 39.8 Å². The lowest BCUT2D eigenvalue weighted by Crippen LogP contribution is -2.15. The Hall–Kier alpha value is -1.74. The minimum atomic E-state index is -0.807. The van der Waals surface area contributed by atoms with E-state index in [9.17, 15) is 13.6 Å². The summed E-state index contributed by atoms with van der Waals surface area (Å²) >= 11 is 2.54. The van der Waals surface area contributed by atoms with Gasteiger partial charge in [-0.05, 0) is 19.1 Å². The van der Waals surface area contributed by atoms with E-state index in [-0.39, 0.29) is 11.4 Å². The van der Waals surface area contributed by atoms with Crippen LogP contribution in [0.15, 0.2) is 22.5 Å². The number of carbonyl (C=O) groups is 1. The predicted octanol–water partition coefficient (Wildman–Crippen LogP) is 2.98. The van der Waals surface area contributed by atoms with E-state index in [4.69, 9.17) is 0 Å². The molecule has 5 nitrogen and oxygen atoms in total. The highest BCUT2D eigenvalue weighted by atomic mass is 32.2. The Morgan fingerprint density at radius 1 is 1.38 bits per heavy atom. The molecule has 1 heterocycles. The van der Waals surface area contributed by atoms with Crippen molar-refractivity contribution in [2.24, 2.45) is 0 Å². The van der Waals surface area contributed by atoms with Gasteiger partial charge in [0.25, 0.3) is 0 Å². The normalized spacial score (nSPS) is 10.4. The monoisotopic (exact) mass is 330 g/mol. The highest BCUT2D eigenvalue weighted by Crippen LogP contribution is 2.25. The highest BCUT2D eigenvalue weighted by molar-refractivity contribution is 8.01. The summed E-state index contributed by atoms with van der Waals surface area (Å²) < 4.78 is 26.8. The fourth-order valence-electron chi connectivity index (χ4n) is 1.40. The Kier molecular flexibility index (Phi) is 5.45. The Labute approximate surface area is 128 Å². The van der Waals surface area contributed by atoms with E-state index in [2.05, 4.69) is 20.8 Å². The van der Waals surface area contributed by atoms with Crippen LogP contribution >= 0.6 is 23.1 Å². The van der Waals surface area contributed by atoms with Crippen molar-refractivity contribution in [3.63, 3.8) is 0 Å². The van der Waals surface area contributed by atoms with Crippen LogP contribution in [0, 0.1) is 11.6 Å². The molecule has 0 aliphatic carbocycles. The fraction of sp³-hybridized carbons (Fsp3) is 0.250. The molecule has 0 bridgehead atoms. The van der Waals surface area contributed by atoms with E-state index in [1.54, 1.807) is 0 Å². The van der Waals surface area contributed by atoms with Crippen LogP contribution < -0.4 is 10.6 Å². The van der Waals surface area contributed by atoms with Crippen LogP contribution in [0.2, 0.25) is 0 Å². The highest BCUT2D eigenvalue weighted by Gasteiger charge is 2.10. The maximum atomic E-state index is 13.4. The minimum absolute atomic E-state index is 0.0485. The zero-order valence-corrected chi connectivity index (χ0v) is 12.7. The topological polar surface area (TPSA) is 66.9 Å². The molecule has 0 saturated heterocycles. The molecule has 0 fully saturated rings. The van der Waals surface area contributed by atoms with Gasteiger partial charge in [-0.15, -0.1) is 10.2 Å².